The maximum atomic E-state index is 11.4. The van der Waals surface area contributed by atoms with Crippen LogP contribution in [-0.2, 0) is 16.1 Å². The number of hydrogen-bond donors (Lipinski definition) is 1. The van der Waals surface area contributed by atoms with Crippen molar-refractivity contribution in [3.63, 3.8) is 0 Å². The summed E-state index contributed by atoms with van der Waals surface area (Å²) in [7, 11) is 0. The van der Waals surface area contributed by atoms with Crippen LogP contribution >= 0.6 is 0 Å². The lowest BCUT2D eigenvalue weighted by atomic mass is 9.93. The van der Waals surface area contributed by atoms with Crippen LogP contribution in [0.4, 0.5) is 0 Å². The van der Waals surface area contributed by atoms with Gasteiger partial charge in [-0.05, 0) is 12.0 Å². The molecule has 0 radical (unpaired) electrons. The summed E-state index contributed by atoms with van der Waals surface area (Å²) in [6.07, 6.45) is 1.29. The summed E-state index contributed by atoms with van der Waals surface area (Å²) in [5, 5.41) is 3.87. The highest BCUT2D eigenvalue weighted by Crippen LogP contribution is 2.15. The molecule has 84 valence electrons. The van der Waals surface area contributed by atoms with E-state index in [0.29, 0.717) is 19.4 Å². The summed E-state index contributed by atoms with van der Waals surface area (Å²) in [5.74, 6) is -0.682. The molecule has 2 rings (SSSR count). The summed E-state index contributed by atoms with van der Waals surface area (Å²) in [6.45, 7) is 0.550. The number of carbonyl (C=O) groups is 1. The van der Waals surface area contributed by atoms with Gasteiger partial charge in [-0.3, -0.25) is 4.79 Å². The summed E-state index contributed by atoms with van der Waals surface area (Å²) in [5.41, 5.74) is 7.23. The highest BCUT2D eigenvalue weighted by atomic mass is 16.6. The summed E-state index contributed by atoms with van der Waals surface area (Å²) < 4.78 is 0. The first-order valence-corrected chi connectivity index (χ1v) is 5.29. The van der Waals surface area contributed by atoms with E-state index >= 15 is 0 Å². The van der Waals surface area contributed by atoms with Crippen LogP contribution in [-0.4, -0.2) is 18.2 Å². The summed E-state index contributed by atoms with van der Waals surface area (Å²) in [4.78, 5) is 16.3. The van der Waals surface area contributed by atoms with Gasteiger partial charge in [-0.15, -0.1) is 0 Å². The van der Waals surface area contributed by atoms with E-state index in [9.17, 15) is 4.79 Å². The minimum Gasteiger partial charge on any atom is -0.395 e. The molecule has 1 aliphatic heterocycles. The quantitative estimate of drug-likeness (QED) is 0.822. The van der Waals surface area contributed by atoms with Gasteiger partial charge in [-0.25, -0.2) is 0 Å². The second kappa shape index (κ2) is 4.79. The topological polar surface area (TPSA) is 64.7 Å². The number of nitrogens with zero attached hydrogens (tertiary/aromatic N) is 1. The van der Waals surface area contributed by atoms with Crippen molar-refractivity contribution >= 4 is 11.6 Å². The number of primary amides is 1. The third-order valence-electron chi connectivity index (χ3n) is 2.66. The van der Waals surface area contributed by atoms with Crippen LogP contribution in [0.2, 0.25) is 0 Å². The predicted molar refractivity (Wildman–Crippen MR) is 60.8 cm³/mol. The van der Waals surface area contributed by atoms with Gasteiger partial charge in [0.2, 0.25) is 5.91 Å². The molecule has 4 heteroatoms. The first-order valence-electron chi connectivity index (χ1n) is 5.29. The Hall–Kier alpha value is -1.84. The fourth-order valence-electron chi connectivity index (χ4n) is 1.79. The van der Waals surface area contributed by atoms with Crippen molar-refractivity contribution in [3.8, 4) is 0 Å². The molecule has 1 atom stereocenters. The van der Waals surface area contributed by atoms with Crippen LogP contribution in [0.15, 0.2) is 35.5 Å². The van der Waals surface area contributed by atoms with E-state index in [1.807, 2.05) is 30.3 Å². The normalized spacial score (nSPS) is 16.4. The highest BCUT2D eigenvalue weighted by molar-refractivity contribution is 6.04. The zero-order valence-electron chi connectivity index (χ0n) is 8.93. The van der Waals surface area contributed by atoms with Gasteiger partial charge in [-0.1, -0.05) is 35.5 Å². The van der Waals surface area contributed by atoms with E-state index < -0.39 is 0 Å². The first-order chi connectivity index (χ1) is 7.77. The molecule has 0 bridgehead atoms. The van der Waals surface area contributed by atoms with E-state index in [1.165, 1.54) is 0 Å². The van der Waals surface area contributed by atoms with Crippen LogP contribution in [0.5, 0.6) is 0 Å². The standard InChI is InChI=1S/C12H14N2O2/c13-12(15)10(11-6-7-16-14-11)8-9-4-2-1-3-5-9/h1-5,10H,6-8H2,(H2,13,15). The molecular weight excluding hydrogens is 204 g/mol. The average molecular weight is 218 g/mol. The van der Waals surface area contributed by atoms with Gasteiger partial charge in [0.25, 0.3) is 0 Å². The van der Waals surface area contributed by atoms with Gasteiger partial charge >= 0.3 is 0 Å². The molecule has 16 heavy (non-hydrogen) atoms. The van der Waals surface area contributed by atoms with E-state index in [0.717, 1.165) is 11.3 Å². The van der Waals surface area contributed by atoms with Gasteiger partial charge in [0.15, 0.2) is 0 Å². The van der Waals surface area contributed by atoms with Gasteiger partial charge in [-0.2, -0.15) is 0 Å². The number of carbonyl (C=O) groups excluding carboxylic acids is 1. The first kappa shape index (κ1) is 10.7. The molecule has 1 aliphatic rings. The van der Waals surface area contributed by atoms with E-state index in [4.69, 9.17) is 10.6 Å². The summed E-state index contributed by atoms with van der Waals surface area (Å²) in [6, 6.07) is 9.79. The zero-order valence-corrected chi connectivity index (χ0v) is 8.93. The Morgan fingerprint density at radius 2 is 2.19 bits per heavy atom. The lowest BCUT2D eigenvalue weighted by Crippen LogP contribution is -2.31. The number of benzene rings is 1. The average Bonchev–Trinajstić information content (AvgIpc) is 2.80. The Labute approximate surface area is 94.1 Å². The molecule has 0 fully saturated rings. The molecule has 0 saturated heterocycles. The van der Waals surface area contributed by atoms with E-state index in [-0.39, 0.29) is 11.8 Å². The number of amides is 1. The lowest BCUT2D eigenvalue weighted by molar-refractivity contribution is -0.119. The molecule has 0 spiro atoms. The minimum absolute atomic E-state index is 0.340. The third-order valence-corrected chi connectivity index (χ3v) is 2.66. The molecule has 4 nitrogen and oxygen atoms in total. The lowest BCUT2D eigenvalue weighted by Gasteiger charge is -2.11. The Bertz CT molecular complexity index is 401. The molecular formula is C12H14N2O2. The molecule has 0 aromatic heterocycles. The predicted octanol–water partition coefficient (Wildman–Crippen LogP) is 1.11. The second-order valence-corrected chi connectivity index (χ2v) is 3.81. The van der Waals surface area contributed by atoms with Crippen molar-refractivity contribution in [1.82, 2.24) is 0 Å². The van der Waals surface area contributed by atoms with Crippen LogP contribution in [0, 0.1) is 5.92 Å². The molecule has 1 heterocycles. The SMILES string of the molecule is NC(=O)C(Cc1ccccc1)C1=NOCC1. The maximum absolute atomic E-state index is 11.4. The smallest absolute Gasteiger partial charge is 0.226 e. The molecule has 2 N–H and O–H groups in total. The number of nitrogens with two attached hydrogens (primary N) is 1. The van der Waals surface area contributed by atoms with Gasteiger partial charge < -0.3 is 10.6 Å². The summed E-state index contributed by atoms with van der Waals surface area (Å²) >= 11 is 0. The van der Waals surface area contributed by atoms with Crippen molar-refractivity contribution in [2.75, 3.05) is 6.61 Å². The van der Waals surface area contributed by atoms with Gasteiger partial charge in [0.1, 0.15) is 6.61 Å². The Morgan fingerprint density at radius 3 is 2.75 bits per heavy atom. The minimum atomic E-state index is -0.343. The maximum Gasteiger partial charge on any atom is 0.226 e. The molecule has 1 unspecified atom stereocenters. The highest BCUT2D eigenvalue weighted by Gasteiger charge is 2.25. The Morgan fingerprint density at radius 1 is 1.44 bits per heavy atom. The van der Waals surface area contributed by atoms with E-state index in [1.54, 1.807) is 0 Å². The van der Waals surface area contributed by atoms with Gasteiger partial charge in [0.05, 0.1) is 11.6 Å². The monoisotopic (exact) mass is 218 g/mol. The van der Waals surface area contributed by atoms with Crippen LogP contribution in [0.1, 0.15) is 12.0 Å². The van der Waals surface area contributed by atoms with Crippen LogP contribution in [0.3, 0.4) is 0 Å². The van der Waals surface area contributed by atoms with E-state index in [2.05, 4.69) is 5.16 Å². The molecule has 1 amide bonds. The van der Waals surface area contributed by atoms with Crippen molar-refractivity contribution in [2.45, 2.75) is 12.8 Å². The number of rotatable bonds is 4. The molecule has 0 aliphatic carbocycles. The molecule has 0 saturated carbocycles. The van der Waals surface area contributed by atoms with Crippen molar-refractivity contribution in [3.05, 3.63) is 35.9 Å². The van der Waals surface area contributed by atoms with Crippen LogP contribution in [0.25, 0.3) is 0 Å². The van der Waals surface area contributed by atoms with Gasteiger partial charge in [0, 0.05) is 6.42 Å². The Balaban J connectivity index is 2.12. The van der Waals surface area contributed by atoms with Crippen LogP contribution < -0.4 is 5.73 Å². The van der Waals surface area contributed by atoms with Crippen molar-refractivity contribution < 1.29 is 9.63 Å². The van der Waals surface area contributed by atoms with Crippen molar-refractivity contribution in [2.24, 2.45) is 16.8 Å². The molecule has 1 aromatic rings. The Kier molecular flexibility index (Phi) is 3.19. The number of hydrogen-bond acceptors (Lipinski definition) is 3. The fourth-order valence-corrected chi connectivity index (χ4v) is 1.79. The number of oxime groups is 1. The fraction of sp³-hybridized carbons (Fsp3) is 0.333. The zero-order chi connectivity index (χ0) is 11.4. The third kappa shape index (κ3) is 2.39. The largest absolute Gasteiger partial charge is 0.395 e. The molecule has 1 aromatic carbocycles. The second-order valence-electron chi connectivity index (χ2n) is 3.81. The van der Waals surface area contributed by atoms with Crippen molar-refractivity contribution in [1.29, 1.82) is 0 Å².